The maximum atomic E-state index is 13.4. The minimum atomic E-state index is -4.12. The van der Waals surface area contributed by atoms with Gasteiger partial charge in [0.15, 0.2) is 0 Å². The predicted molar refractivity (Wildman–Crippen MR) is 128 cm³/mol. The van der Waals surface area contributed by atoms with Crippen molar-refractivity contribution in [2.24, 2.45) is 0 Å². The minimum absolute atomic E-state index is 0.0787. The number of hydrogen-bond acceptors (Lipinski definition) is 8. The van der Waals surface area contributed by atoms with Crippen LogP contribution in [-0.4, -0.2) is 29.5 Å². The summed E-state index contributed by atoms with van der Waals surface area (Å²) in [6.07, 6.45) is 1.69. The highest BCUT2D eigenvalue weighted by atomic mass is 32.2. The fraction of sp³-hybridized carbons (Fsp3) is 0.174. The van der Waals surface area contributed by atoms with E-state index < -0.39 is 26.1 Å². The number of hydrogen-bond donors (Lipinski definition) is 0. The van der Waals surface area contributed by atoms with E-state index in [0.717, 1.165) is 17.8 Å². The van der Waals surface area contributed by atoms with Gasteiger partial charge in [-0.25, -0.2) is 17.7 Å². The maximum absolute atomic E-state index is 13.4. The lowest BCUT2D eigenvalue weighted by molar-refractivity contribution is -0.387. The Morgan fingerprint density at radius 1 is 1.18 bits per heavy atom. The lowest BCUT2D eigenvalue weighted by Crippen LogP contribution is -2.41. The number of anilines is 1. The molecule has 9 nitrogen and oxygen atoms in total. The minimum Gasteiger partial charge on any atom is -0.268 e. The largest absolute Gasteiger partial charge is 0.284 e. The van der Waals surface area contributed by atoms with Crippen LogP contribution in [0.15, 0.2) is 76.8 Å². The highest BCUT2D eigenvalue weighted by molar-refractivity contribution is 7.99. The van der Waals surface area contributed by atoms with Crippen LogP contribution >= 0.6 is 11.8 Å². The van der Waals surface area contributed by atoms with E-state index in [1.165, 1.54) is 38.1 Å². The van der Waals surface area contributed by atoms with Crippen molar-refractivity contribution < 1.29 is 18.1 Å². The van der Waals surface area contributed by atoms with Crippen LogP contribution in [0.2, 0.25) is 0 Å². The van der Waals surface area contributed by atoms with Gasteiger partial charge in [0.1, 0.15) is 5.03 Å². The third-order valence-electron chi connectivity index (χ3n) is 4.74. The van der Waals surface area contributed by atoms with Gasteiger partial charge in [-0.3, -0.25) is 14.9 Å². The molecule has 0 aliphatic carbocycles. The van der Waals surface area contributed by atoms with Crippen molar-refractivity contribution in [3.63, 3.8) is 0 Å². The third kappa shape index (κ3) is 5.41. The molecule has 3 rings (SSSR count). The molecule has 1 heterocycles. The van der Waals surface area contributed by atoms with Crippen molar-refractivity contribution in [2.75, 3.05) is 4.31 Å². The number of nitrogens with zero attached hydrogens (tertiary/aromatic N) is 4. The molecule has 11 heteroatoms. The summed E-state index contributed by atoms with van der Waals surface area (Å²) in [5.41, 5.74) is 0.247. The predicted octanol–water partition coefficient (Wildman–Crippen LogP) is 4.59. The number of nitriles is 1. The molecule has 0 saturated carbocycles. The summed E-state index contributed by atoms with van der Waals surface area (Å²) in [6.45, 7) is 2.88. The zero-order valence-corrected chi connectivity index (χ0v) is 19.9. The van der Waals surface area contributed by atoms with Crippen LogP contribution in [0, 0.1) is 21.4 Å². The molecule has 0 spiro atoms. The van der Waals surface area contributed by atoms with Crippen LogP contribution in [0.25, 0.3) is 0 Å². The normalized spacial score (nSPS) is 11.1. The number of carbonyl (C=O) groups is 1. The topological polar surface area (TPSA) is 134 Å². The van der Waals surface area contributed by atoms with E-state index in [2.05, 4.69) is 4.98 Å². The molecule has 0 aliphatic rings. The highest BCUT2D eigenvalue weighted by Gasteiger charge is 2.33. The van der Waals surface area contributed by atoms with Crippen LogP contribution in [0.1, 0.15) is 29.8 Å². The average Bonchev–Trinajstić information content (AvgIpc) is 2.81. The quantitative estimate of drug-likeness (QED) is 0.326. The van der Waals surface area contributed by atoms with E-state index >= 15 is 0 Å². The first-order valence-corrected chi connectivity index (χ1v) is 12.4. The van der Waals surface area contributed by atoms with Gasteiger partial charge in [-0.15, -0.1) is 0 Å². The van der Waals surface area contributed by atoms with Gasteiger partial charge >= 0.3 is 0 Å². The Labute approximate surface area is 201 Å². The van der Waals surface area contributed by atoms with Gasteiger partial charge in [0.25, 0.3) is 11.6 Å². The molecule has 0 fully saturated rings. The lowest BCUT2D eigenvalue weighted by atomic mass is 10.1. The van der Waals surface area contributed by atoms with Crippen LogP contribution in [0.3, 0.4) is 0 Å². The zero-order valence-electron chi connectivity index (χ0n) is 18.3. The first-order valence-electron chi connectivity index (χ1n) is 10.1. The van der Waals surface area contributed by atoms with Gasteiger partial charge in [0, 0.05) is 17.8 Å². The second-order valence-electron chi connectivity index (χ2n) is 7.37. The smallest absolute Gasteiger partial charge is 0.268 e. The van der Waals surface area contributed by atoms with E-state index in [1.54, 1.807) is 36.5 Å². The average molecular weight is 497 g/mol. The van der Waals surface area contributed by atoms with E-state index in [9.17, 15) is 23.3 Å². The molecule has 0 radical (unpaired) electrons. The van der Waals surface area contributed by atoms with Crippen LogP contribution in [0.5, 0.6) is 0 Å². The van der Waals surface area contributed by atoms with Crippen molar-refractivity contribution in [2.45, 2.75) is 35.4 Å². The number of amides is 1. The molecule has 0 N–H and O–H groups in total. The van der Waals surface area contributed by atoms with Crippen molar-refractivity contribution in [1.82, 2.24) is 4.98 Å². The highest BCUT2D eigenvalue weighted by Crippen LogP contribution is 2.35. The molecule has 1 aromatic heterocycles. The van der Waals surface area contributed by atoms with E-state index in [1.807, 2.05) is 6.07 Å². The molecule has 0 unspecified atom stereocenters. The number of nitro groups is 1. The molecule has 0 saturated heterocycles. The number of sulfonamides is 1. The van der Waals surface area contributed by atoms with Gasteiger partial charge in [0.05, 0.1) is 33.2 Å². The molecule has 1 amide bonds. The molecule has 174 valence electrons. The molecular formula is C23H20N4O5S2. The van der Waals surface area contributed by atoms with Gasteiger partial charge < -0.3 is 0 Å². The number of rotatable bonds is 8. The maximum Gasteiger partial charge on any atom is 0.284 e. The molecule has 3 aromatic rings. The summed E-state index contributed by atoms with van der Waals surface area (Å²) in [5, 5.41) is 20.2. The summed E-state index contributed by atoms with van der Waals surface area (Å²) in [5.74, 6) is -0.917. The second-order valence-corrected chi connectivity index (χ2v) is 10.8. The van der Waals surface area contributed by atoms with Crippen LogP contribution in [-0.2, 0) is 16.4 Å². The summed E-state index contributed by atoms with van der Waals surface area (Å²) in [4.78, 5) is 28.9. The first-order chi connectivity index (χ1) is 16.1. The third-order valence-corrected chi connectivity index (χ3v) is 7.84. The Hall–Kier alpha value is -3.75. The lowest BCUT2D eigenvalue weighted by Gasteiger charge is -2.25. The molecule has 0 atom stereocenters. The van der Waals surface area contributed by atoms with Crippen LogP contribution < -0.4 is 4.31 Å². The number of aromatic nitrogens is 1. The van der Waals surface area contributed by atoms with Gasteiger partial charge in [-0.05, 0) is 55.8 Å². The molecule has 34 heavy (non-hydrogen) atoms. The van der Waals surface area contributed by atoms with Crippen molar-refractivity contribution >= 4 is 39.1 Å². The summed E-state index contributed by atoms with van der Waals surface area (Å²) < 4.78 is 26.8. The second kappa shape index (κ2) is 10.5. The summed E-state index contributed by atoms with van der Waals surface area (Å²) in [7, 11) is -4.12. The summed E-state index contributed by atoms with van der Waals surface area (Å²) >= 11 is 1.06. The fourth-order valence-corrected chi connectivity index (χ4v) is 4.98. The standard InChI is InChI=1S/C23H20N4O5S2/c1-16(2)34(31,32)26(19-9-6-17(7-10-19)12-13-24)23(28)18-8-11-21(20(15-18)27(29)30)33-22-5-3-4-14-25-22/h3-11,14-16H,12H2,1-2H3. The number of benzene rings is 2. The van der Waals surface area contributed by atoms with Crippen molar-refractivity contribution in [3.8, 4) is 6.07 Å². The Balaban J connectivity index is 2.06. The SMILES string of the molecule is CC(C)S(=O)(=O)N(C(=O)c1ccc(Sc2ccccn2)c([N+](=O)[O-])c1)c1ccc(CC#N)cc1. The van der Waals surface area contributed by atoms with Crippen molar-refractivity contribution in [3.05, 3.63) is 88.1 Å². The Bertz CT molecular complexity index is 1350. The first kappa shape index (κ1) is 24.9. The summed E-state index contributed by atoms with van der Waals surface area (Å²) in [6, 6.07) is 17.0. The molecule has 0 bridgehead atoms. The van der Waals surface area contributed by atoms with E-state index in [4.69, 9.17) is 5.26 Å². The molecule has 0 aliphatic heterocycles. The zero-order chi connectivity index (χ0) is 24.9. The van der Waals surface area contributed by atoms with E-state index in [0.29, 0.717) is 14.9 Å². The Morgan fingerprint density at radius 2 is 1.88 bits per heavy atom. The molecule has 2 aromatic carbocycles. The fourth-order valence-electron chi connectivity index (χ4n) is 2.95. The van der Waals surface area contributed by atoms with E-state index in [-0.39, 0.29) is 28.3 Å². The Morgan fingerprint density at radius 3 is 2.44 bits per heavy atom. The molecular weight excluding hydrogens is 476 g/mol. The number of nitro benzene ring substituents is 1. The number of pyridine rings is 1. The Kier molecular flexibility index (Phi) is 7.65. The van der Waals surface area contributed by atoms with Gasteiger partial charge in [0.2, 0.25) is 10.0 Å². The van der Waals surface area contributed by atoms with Crippen molar-refractivity contribution in [1.29, 1.82) is 5.26 Å². The van der Waals surface area contributed by atoms with Gasteiger partial charge in [-0.2, -0.15) is 5.26 Å². The van der Waals surface area contributed by atoms with Gasteiger partial charge in [-0.1, -0.05) is 30.0 Å². The van der Waals surface area contributed by atoms with Crippen LogP contribution in [0.4, 0.5) is 11.4 Å². The number of carbonyl (C=O) groups excluding carboxylic acids is 1. The monoisotopic (exact) mass is 496 g/mol.